The van der Waals surface area contributed by atoms with E-state index in [2.05, 4.69) is 9.47 Å². The van der Waals surface area contributed by atoms with Gasteiger partial charge in [-0.2, -0.15) is 13.2 Å². The fourth-order valence-corrected chi connectivity index (χ4v) is 2.14. The molecule has 0 aromatic heterocycles. The van der Waals surface area contributed by atoms with Gasteiger partial charge < -0.3 is 14.8 Å². The van der Waals surface area contributed by atoms with Gasteiger partial charge in [-0.3, -0.25) is 10.1 Å². The lowest BCUT2D eigenvalue weighted by Crippen LogP contribution is -2.73. The number of carbonyl (C=O) groups is 2. The summed E-state index contributed by atoms with van der Waals surface area (Å²) in [7, 11) is 1.28. The summed E-state index contributed by atoms with van der Waals surface area (Å²) in [6.07, 6.45) is -5.18. The minimum atomic E-state index is -5.18. The van der Waals surface area contributed by atoms with E-state index in [9.17, 15) is 22.8 Å². The lowest BCUT2D eigenvalue weighted by Gasteiger charge is -2.34. The van der Waals surface area contributed by atoms with Crippen LogP contribution < -0.4 is 10.6 Å². The van der Waals surface area contributed by atoms with Crippen LogP contribution in [0.3, 0.4) is 0 Å². The Kier molecular flexibility index (Phi) is 7.65. The van der Waals surface area contributed by atoms with Crippen molar-refractivity contribution in [3.05, 3.63) is 34.9 Å². The topological polar surface area (TPSA) is 76.7 Å². The number of amides is 1. The summed E-state index contributed by atoms with van der Waals surface area (Å²) in [4.78, 5) is 24.4. The molecule has 1 amide bonds. The number of nitrogens with one attached hydrogen (secondary N) is 2. The van der Waals surface area contributed by atoms with Crippen molar-refractivity contribution in [1.82, 2.24) is 10.6 Å². The lowest BCUT2D eigenvalue weighted by atomic mass is 10.1. The van der Waals surface area contributed by atoms with E-state index in [0.717, 1.165) is 0 Å². The van der Waals surface area contributed by atoms with Crippen molar-refractivity contribution >= 4 is 23.5 Å². The van der Waals surface area contributed by atoms with Gasteiger partial charge in [0.2, 0.25) is 0 Å². The number of hydrogen-bond acceptors (Lipinski definition) is 5. The van der Waals surface area contributed by atoms with Crippen molar-refractivity contribution in [3.8, 4) is 0 Å². The fourth-order valence-electron chi connectivity index (χ4n) is 1.92. The highest BCUT2D eigenvalue weighted by Gasteiger charge is 2.63. The maximum Gasteiger partial charge on any atom is 0.436 e. The Balaban J connectivity index is 3.25. The van der Waals surface area contributed by atoms with E-state index >= 15 is 0 Å². The Hall–Kier alpha value is -1.84. The predicted octanol–water partition coefficient (Wildman–Crippen LogP) is 2.13. The zero-order valence-electron chi connectivity index (χ0n) is 13.6. The lowest BCUT2D eigenvalue weighted by molar-refractivity contribution is -0.218. The van der Waals surface area contributed by atoms with E-state index in [4.69, 9.17) is 11.6 Å². The van der Waals surface area contributed by atoms with Crippen LogP contribution >= 0.6 is 11.6 Å². The Morgan fingerprint density at radius 3 is 2.40 bits per heavy atom. The van der Waals surface area contributed by atoms with E-state index in [0.29, 0.717) is 0 Å². The maximum absolute atomic E-state index is 13.7. The number of methoxy groups -OCH3 is 1. The summed E-state index contributed by atoms with van der Waals surface area (Å²) >= 11 is 5.83. The van der Waals surface area contributed by atoms with Crippen LogP contribution in [0.25, 0.3) is 0 Å². The predicted molar refractivity (Wildman–Crippen MR) is 84.2 cm³/mol. The molecule has 0 bridgehead atoms. The molecule has 0 aliphatic carbocycles. The Morgan fingerprint density at radius 2 is 1.88 bits per heavy atom. The van der Waals surface area contributed by atoms with E-state index < -0.39 is 23.7 Å². The number of hydrogen-bond donors (Lipinski definition) is 2. The molecule has 10 heteroatoms. The minimum Gasteiger partial charge on any atom is -0.463 e. The quantitative estimate of drug-likeness (QED) is 0.409. The number of esters is 1. The van der Waals surface area contributed by atoms with Crippen LogP contribution in [0.5, 0.6) is 0 Å². The smallest absolute Gasteiger partial charge is 0.436 e. The van der Waals surface area contributed by atoms with E-state index in [1.807, 2.05) is 5.32 Å². The number of rotatable bonds is 8. The zero-order valence-corrected chi connectivity index (χ0v) is 14.3. The van der Waals surface area contributed by atoms with Crippen LogP contribution in [0, 0.1) is 0 Å². The number of carbonyl (C=O) groups excluding carboxylic acids is 2. The highest BCUT2D eigenvalue weighted by atomic mass is 35.5. The van der Waals surface area contributed by atoms with Crippen molar-refractivity contribution in [2.75, 3.05) is 26.9 Å². The molecule has 1 atom stereocenters. The van der Waals surface area contributed by atoms with Crippen LogP contribution in [-0.4, -0.2) is 50.6 Å². The van der Waals surface area contributed by atoms with Crippen LogP contribution in [0.2, 0.25) is 5.02 Å². The van der Waals surface area contributed by atoms with Crippen molar-refractivity contribution in [1.29, 1.82) is 0 Å². The molecule has 1 aromatic carbocycles. The molecule has 0 aliphatic heterocycles. The summed E-state index contributed by atoms with van der Waals surface area (Å²) < 4.78 is 50.3. The van der Waals surface area contributed by atoms with Gasteiger partial charge in [-0.15, -0.1) is 0 Å². The van der Waals surface area contributed by atoms with Crippen LogP contribution in [0.15, 0.2) is 24.3 Å². The Labute approximate surface area is 147 Å². The van der Waals surface area contributed by atoms with Crippen LogP contribution in [0.1, 0.15) is 17.3 Å². The molecule has 140 valence electrons. The van der Waals surface area contributed by atoms with Crippen molar-refractivity contribution in [2.24, 2.45) is 0 Å². The standard InChI is InChI=1S/C15H18ClF3N2O4/c1-3-25-13(23)14(15(17,18)19,20-8-9-24-2)21-12(22)10-6-4-5-7-11(10)16/h4-7,20H,3,8-9H2,1-2H3,(H,21,22). The van der Waals surface area contributed by atoms with Gasteiger partial charge in [-0.1, -0.05) is 23.7 Å². The number of halogens is 4. The Bertz CT molecular complexity index is 613. The average Bonchev–Trinajstić information content (AvgIpc) is 2.53. The third-order valence-corrected chi connectivity index (χ3v) is 3.45. The average molecular weight is 383 g/mol. The summed E-state index contributed by atoms with van der Waals surface area (Å²) in [5, 5.41) is 3.60. The molecule has 25 heavy (non-hydrogen) atoms. The first-order valence-electron chi connectivity index (χ1n) is 7.24. The number of benzene rings is 1. The number of ether oxygens (including phenoxy) is 2. The first-order chi connectivity index (χ1) is 11.7. The normalized spacial score (nSPS) is 13.8. The molecule has 0 aliphatic rings. The molecule has 0 radical (unpaired) electrons. The number of alkyl halides is 3. The van der Waals surface area contributed by atoms with Crippen LogP contribution in [0.4, 0.5) is 13.2 Å². The molecule has 2 N–H and O–H groups in total. The molecule has 6 nitrogen and oxygen atoms in total. The van der Waals surface area contributed by atoms with E-state index in [-0.39, 0.29) is 30.3 Å². The second-order valence-electron chi connectivity index (χ2n) is 4.82. The molecule has 0 saturated heterocycles. The third-order valence-electron chi connectivity index (χ3n) is 3.12. The second kappa shape index (κ2) is 9.02. The minimum absolute atomic E-state index is 0.0585. The largest absolute Gasteiger partial charge is 0.463 e. The summed E-state index contributed by atoms with van der Waals surface area (Å²) in [6.45, 7) is 0.561. The van der Waals surface area contributed by atoms with E-state index in [1.165, 1.54) is 38.3 Å². The summed E-state index contributed by atoms with van der Waals surface area (Å²) in [6, 6.07) is 5.52. The van der Waals surface area contributed by atoms with Gasteiger partial charge >= 0.3 is 12.1 Å². The zero-order chi connectivity index (χ0) is 19.1. The summed E-state index contributed by atoms with van der Waals surface area (Å²) in [5.74, 6) is -2.86. The highest BCUT2D eigenvalue weighted by Crippen LogP contribution is 2.30. The van der Waals surface area contributed by atoms with Gasteiger partial charge in [0.25, 0.3) is 11.6 Å². The van der Waals surface area contributed by atoms with Crippen molar-refractivity contribution < 1.29 is 32.2 Å². The Morgan fingerprint density at radius 1 is 1.24 bits per heavy atom. The second-order valence-corrected chi connectivity index (χ2v) is 5.23. The molecule has 0 spiro atoms. The molecule has 1 unspecified atom stereocenters. The molecule has 1 aromatic rings. The molecule has 0 saturated carbocycles. The first-order valence-corrected chi connectivity index (χ1v) is 7.62. The van der Waals surface area contributed by atoms with Gasteiger partial charge in [0.1, 0.15) is 0 Å². The van der Waals surface area contributed by atoms with E-state index in [1.54, 1.807) is 5.32 Å². The SMILES string of the molecule is CCOC(=O)C(NCCOC)(NC(=O)c1ccccc1Cl)C(F)(F)F. The van der Waals surface area contributed by atoms with Crippen LogP contribution in [-0.2, 0) is 14.3 Å². The summed E-state index contributed by atoms with van der Waals surface area (Å²) in [5.41, 5.74) is -3.65. The molecular weight excluding hydrogens is 365 g/mol. The molecule has 0 fully saturated rings. The highest BCUT2D eigenvalue weighted by molar-refractivity contribution is 6.33. The first kappa shape index (κ1) is 21.2. The van der Waals surface area contributed by atoms with Gasteiger partial charge in [-0.05, 0) is 19.1 Å². The monoisotopic (exact) mass is 382 g/mol. The molecule has 1 rings (SSSR count). The van der Waals surface area contributed by atoms with Crippen molar-refractivity contribution in [2.45, 2.75) is 18.8 Å². The van der Waals surface area contributed by atoms with Gasteiger partial charge in [0.15, 0.2) is 0 Å². The van der Waals surface area contributed by atoms with Gasteiger partial charge in [-0.25, -0.2) is 4.79 Å². The molecular formula is C15H18ClF3N2O4. The molecule has 0 heterocycles. The fraction of sp³-hybridized carbons (Fsp3) is 0.467. The van der Waals surface area contributed by atoms with Crippen molar-refractivity contribution in [3.63, 3.8) is 0 Å². The third kappa shape index (κ3) is 5.07. The maximum atomic E-state index is 13.7. The van der Waals surface area contributed by atoms with Gasteiger partial charge in [0, 0.05) is 13.7 Å². The van der Waals surface area contributed by atoms with Gasteiger partial charge in [0.05, 0.1) is 23.8 Å².